The van der Waals surface area contributed by atoms with Gasteiger partial charge in [-0.1, -0.05) is 53.8 Å². The first-order chi connectivity index (χ1) is 31.2. The molecule has 14 nitrogen and oxygen atoms in total. The lowest BCUT2D eigenvalue weighted by molar-refractivity contribution is -0.132. The first-order valence-electron chi connectivity index (χ1n) is 20.8. The second kappa shape index (κ2) is 24.0. The summed E-state index contributed by atoms with van der Waals surface area (Å²) in [6.07, 6.45) is 3.49. The highest BCUT2D eigenvalue weighted by Gasteiger charge is 2.25. The second-order valence-electron chi connectivity index (χ2n) is 15.3. The van der Waals surface area contributed by atoms with Gasteiger partial charge >= 0.3 is 0 Å². The number of aryl methyl sites for hydroxylation is 3. The van der Waals surface area contributed by atoms with Crippen molar-refractivity contribution in [3.63, 3.8) is 0 Å². The summed E-state index contributed by atoms with van der Waals surface area (Å²) in [5.41, 5.74) is 8.93. The minimum Gasteiger partial charge on any atom is -0.495 e. The van der Waals surface area contributed by atoms with E-state index in [0.29, 0.717) is 63.5 Å². The van der Waals surface area contributed by atoms with Crippen LogP contribution in [0.5, 0.6) is 11.5 Å². The van der Waals surface area contributed by atoms with Crippen molar-refractivity contribution in [2.75, 3.05) is 82.3 Å². The highest BCUT2D eigenvalue weighted by Crippen LogP contribution is 2.33. The summed E-state index contributed by atoms with van der Waals surface area (Å²) in [7, 11) is 3.20. The maximum absolute atomic E-state index is 13.0. The van der Waals surface area contributed by atoms with E-state index in [1.165, 1.54) is 0 Å². The van der Waals surface area contributed by atoms with Crippen molar-refractivity contribution in [1.29, 1.82) is 0 Å². The molecular weight excluding hydrogens is 946 g/mol. The largest absolute Gasteiger partial charge is 0.495 e. The SMILES string of the molecule is C.COc1cc(N2CCN(C(=O)CCl)CC2)ccc1Cl.COc1cc(N2CCN(C(=O)Cn3nc(-c4ccnc(C)c4)c(Cl)c3C)CC2)ccc1Cl.Cc1cc(-c2n[nH]c(C)c2Cl)ccn1. The number of aromatic amines is 1. The zero-order chi connectivity index (χ0) is 46.8. The number of benzene rings is 2. The first-order valence-corrected chi connectivity index (χ1v) is 22.8. The number of nitrogens with zero attached hydrogens (tertiary/aromatic N) is 9. The zero-order valence-corrected chi connectivity index (χ0v) is 40.8. The number of nitrogens with one attached hydrogen (secondary N) is 1. The van der Waals surface area contributed by atoms with E-state index in [4.69, 9.17) is 67.5 Å². The number of carbonyl (C=O) groups is 2. The summed E-state index contributed by atoms with van der Waals surface area (Å²) in [6.45, 7) is 13.5. The fraction of sp³-hybridized carbons (Fsp3) is 0.362. The molecule has 0 radical (unpaired) electrons. The number of rotatable bonds is 9. The van der Waals surface area contributed by atoms with Crippen LogP contribution < -0.4 is 19.3 Å². The minimum absolute atomic E-state index is 0. The van der Waals surface area contributed by atoms with Crippen molar-refractivity contribution < 1.29 is 19.1 Å². The van der Waals surface area contributed by atoms with E-state index in [2.05, 4.69) is 35.1 Å². The standard InChI is InChI=1S/C23H25Cl2N5O2.C13H16Cl2N2O2.C10H10ClN3.CH4/c1-15-12-17(6-7-26-15)23-22(25)16(2)30(27-23)14-21(31)29-10-8-28(9-11-29)18-4-5-19(24)20(13-18)32-3;1-19-12-8-10(2-3-11(12)15)16-4-6-17(7-5-16)13(18)9-14;1-6-5-8(3-4-12-6)10-9(11)7(2)13-14-10;/h4-7,12-13H,8-11,14H2,1-3H3;2-3,8H,4-7,9H2,1H3;3-5H,1-2H3,(H,13,14);1H4. The number of hydrogen-bond donors (Lipinski definition) is 1. The summed E-state index contributed by atoms with van der Waals surface area (Å²) in [5, 5.41) is 14.0. The monoisotopic (exact) mass is 998 g/mol. The van der Waals surface area contributed by atoms with Gasteiger partial charge in [0, 0.05) is 111 Å². The molecule has 2 aliphatic rings. The molecule has 2 saturated heterocycles. The Morgan fingerprint density at radius 1 is 0.636 bits per heavy atom. The van der Waals surface area contributed by atoms with E-state index >= 15 is 0 Å². The number of H-pyrrole nitrogens is 1. The number of amides is 2. The van der Waals surface area contributed by atoms with Gasteiger partial charge in [-0.2, -0.15) is 10.2 Å². The number of aromatic nitrogens is 6. The molecule has 0 spiro atoms. The second-order valence-corrected chi connectivity index (χ2v) is 17.1. The fourth-order valence-corrected chi connectivity index (χ4v) is 8.28. The first kappa shape index (κ1) is 51.7. The van der Waals surface area contributed by atoms with Crippen LogP contribution in [0.3, 0.4) is 0 Å². The Balaban J connectivity index is 0.000000203. The molecule has 6 aromatic rings. The van der Waals surface area contributed by atoms with Crippen LogP contribution in [0.25, 0.3) is 22.5 Å². The number of alkyl halides is 1. The van der Waals surface area contributed by atoms with Crippen molar-refractivity contribution in [3.8, 4) is 34.0 Å². The Morgan fingerprint density at radius 3 is 1.53 bits per heavy atom. The van der Waals surface area contributed by atoms with E-state index in [1.807, 2.05) is 93.3 Å². The Kier molecular flexibility index (Phi) is 18.8. The number of carbonyl (C=O) groups excluding carboxylic acids is 2. The average Bonchev–Trinajstić information content (AvgIpc) is 3.81. The van der Waals surface area contributed by atoms with E-state index in [9.17, 15) is 9.59 Å². The van der Waals surface area contributed by atoms with Crippen LogP contribution in [-0.4, -0.2) is 124 Å². The zero-order valence-electron chi connectivity index (χ0n) is 37.0. The molecule has 0 bridgehead atoms. The van der Waals surface area contributed by atoms with E-state index in [0.717, 1.165) is 77.2 Å². The molecule has 2 aromatic carbocycles. The molecular formula is C47H55Cl5N10O4. The van der Waals surface area contributed by atoms with Crippen molar-refractivity contribution in [1.82, 2.24) is 39.7 Å². The van der Waals surface area contributed by atoms with E-state index in [1.54, 1.807) is 36.2 Å². The topological polar surface area (TPSA) is 138 Å². The normalized spacial score (nSPS) is 13.5. The van der Waals surface area contributed by atoms with Crippen molar-refractivity contribution in [3.05, 3.63) is 116 Å². The molecule has 1 N–H and O–H groups in total. The van der Waals surface area contributed by atoms with Crippen LogP contribution in [0.4, 0.5) is 11.4 Å². The van der Waals surface area contributed by atoms with Crippen LogP contribution in [0.2, 0.25) is 20.1 Å². The number of halogens is 5. The van der Waals surface area contributed by atoms with Gasteiger partial charge in [-0.15, -0.1) is 11.6 Å². The van der Waals surface area contributed by atoms with Crippen LogP contribution >= 0.6 is 58.0 Å². The lowest BCUT2D eigenvalue weighted by Gasteiger charge is -2.36. The molecule has 0 unspecified atom stereocenters. The van der Waals surface area contributed by atoms with Crippen LogP contribution in [-0.2, 0) is 16.1 Å². The molecule has 2 aliphatic heterocycles. The predicted molar refractivity (Wildman–Crippen MR) is 267 cm³/mol. The molecule has 0 saturated carbocycles. The summed E-state index contributed by atoms with van der Waals surface area (Å²) in [4.78, 5) is 40.9. The molecule has 6 heterocycles. The predicted octanol–water partition coefficient (Wildman–Crippen LogP) is 9.84. The summed E-state index contributed by atoms with van der Waals surface area (Å²) in [5.74, 6) is 1.38. The average molecular weight is 1000 g/mol. The van der Waals surface area contributed by atoms with Crippen molar-refractivity contribution in [2.24, 2.45) is 0 Å². The van der Waals surface area contributed by atoms with Gasteiger partial charge < -0.3 is 29.1 Å². The third kappa shape index (κ3) is 12.8. The quantitative estimate of drug-likeness (QED) is 0.139. The van der Waals surface area contributed by atoms with Gasteiger partial charge in [0.05, 0.1) is 45.7 Å². The number of piperazine rings is 2. The van der Waals surface area contributed by atoms with Crippen LogP contribution in [0.15, 0.2) is 73.1 Å². The Morgan fingerprint density at radius 2 is 1.11 bits per heavy atom. The molecule has 2 fully saturated rings. The van der Waals surface area contributed by atoms with Gasteiger partial charge in [0.1, 0.15) is 35.3 Å². The maximum atomic E-state index is 13.0. The lowest BCUT2D eigenvalue weighted by atomic mass is 10.1. The third-order valence-electron chi connectivity index (χ3n) is 11.0. The fourth-order valence-electron chi connectivity index (χ4n) is 7.29. The number of hydrogen-bond acceptors (Lipinski definition) is 10. The number of pyridine rings is 2. The number of anilines is 2. The maximum Gasteiger partial charge on any atom is 0.244 e. The van der Waals surface area contributed by atoms with Gasteiger partial charge in [0.2, 0.25) is 11.8 Å². The van der Waals surface area contributed by atoms with Gasteiger partial charge in [-0.25, -0.2) is 0 Å². The molecule has 19 heteroatoms. The lowest BCUT2D eigenvalue weighted by Crippen LogP contribution is -2.49. The van der Waals surface area contributed by atoms with Gasteiger partial charge in [-0.3, -0.25) is 29.3 Å². The number of ether oxygens (including phenoxy) is 2. The van der Waals surface area contributed by atoms with Crippen LogP contribution in [0, 0.1) is 27.7 Å². The highest BCUT2D eigenvalue weighted by atomic mass is 35.5. The van der Waals surface area contributed by atoms with E-state index < -0.39 is 0 Å². The van der Waals surface area contributed by atoms with Crippen molar-refractivity contribution >= 4 is 81.2 Å². The van der Waals surface area contributed by atoms with Gasteiger partial charge in [-0.05, 0) is 76.2 Å². The Labute approximate surface area is 411 Å². The van der Waals surface area contributed by atoms with Crippen molar-refractivity contribution in [2.45, 2.75) is 41.7 Å². The third-order valence-corrected chi connectivity index (χ3v) is 12.8. The molecule has 0 aliphatic carbocycles. The molecule has 4 aromatic heterocycles. The van der Waals surface area contributed by atoms with Crippen LogP contribution in [0.1, 0.15) is 30.2 Å². The highest BCUT2D eigenvalue weighted by molar-refractivity contribution is 6.34. The summed E-state index contributed by atoms with van der Waals surface area (Å²) >= 11 is 30.3. The van der Waals surface area contributed by atoms with Gasteiger partial charge in [0.25, 0.3) is 0 Å². The Hall–Kier alpha value is -5.25. The molecule has 8 rings (SSSR count). The number of methoxy groups -OCH3 is 2. The molecule has 2 amide bonds. The Bertz CT molecular complexity index is 2590. The summed E-state index contributed by atoms with van der Waals surface area (Å²) in [6, 6.07) is 19.1. The summed E-state index contributed by atoms with van der Waals surface area (Å²) < 4.78 is 12.2. The smallest absolute Gasteiger partial charge is 0.244 e. The van der Waals surface area contributed by atoms with Gasteiger partial charge in [0.15, 0.2) is 0 Å². The molecule has 66 heavy (non-hydrogen) atoms. The molecule has 352 valence electrons. The molecule has 0 atom stereocenters. The minimum atomic E-state index is -0.00463. The van der Waals surface area contributed by atoms with E-state index in [-0.39, 0.29) is 31.7 Å².